The molecule has 0 amide bonds. The molecule has 0 aliphatic carbocycles. The number of benzene rings is 3. The van der Waals surface area contributed by atoms with Crippen LogP contribution in [0.25, 0.3) is 33.4 Å². The summed E-state index contributed by atoms with van der Waals surface area (Å²) in [7, 11) is 0. The van der Waals surface area contributed by atoms with Crippen LogP contribution < -0.4 is 0 Å². The summed E-state index contributed by atoms with van der Waals surface area (Å²) >= 11 is 0. The SMILES string of the molecule is Cc1ccc(-c2ccc(-c3cc4ccccc4o3)cc2)cc1. The number of aryl methyl sites for hydroxylation is 1. The summed E-state index contributed by atoms with van der Waals surface area (Å²) < 4.78 is 5.92. The molecule has 4 aromatic rings. The average Bonchev–Trinajstić information content (AvgIpc) is 3.00. The number of furan rings is 1. The molecule has 22 heavy (non-hydrogen) atoms. The first-order valence-corrected chi connectivity index (χ1v) is 7.46. The van der Waals surface area contributed by atoms with E-state index in [2.05, 4.69) is 67.6 Å². The largest absolute Gasteiger partial charge is 0.456 e. The Kier molecular flexibility index (Phi) is 3.05. The van der Waals surface area contributed by atoms with E-state index in [1.54, 1.807) is 0 Å². The molecule has 0 N–H and O–H groups in total. The van der Waals surface area contributed by atoms with Gasteiger partial charge in [-0.15, -0.1) is 0 Å². The maximum absolute atomic E-state index is 5.92. The van der Waals surface area contributed by atoms with Gasteiger partial charge in [0.1, 0.15) is 11.3 Å². The van der Waals surface area contributed by atoms with Gasteiger partial charge in [-0.1, -0.05) is 72.3 Å². The van der Waals surface area contributed by atoms with E-state index in [0.29, 0.717) is 0 Å². The standard InChI is InChI=1S/C21H16O/c1-15-6-8-16(9-7-15)17-10-12-18(13-11-17)21-14-19-4-2-3-5-20(19)22-21/h2-14H,1H3. The summed E-state index contributed by atoms with van der Waals surface area (Å²) in [6.07, 6.45) is 0. The Hall–Kier alpha value is -2.80. The van der Waals surface area contributed by atoms with Gasteiger partial charge in [0.15, 0.2) is 0 Å². The summed E-state index contributed by atoms with van der Waals surface area (Å²) in [5.41, 5.74) is 5.77. The van der Waals surface area contributed by atoms with Crippen LogP contribution in [0.2, 0.25) is 0 Å². The molecule has 4 rings (SSSR count). The van der Waals surface area contributed by atoms with Crippen molar-refractivity contribution in [1.82, 2.24) is 0 Å². The van der Waals surface area contributed by atoms with Crippen molar-refractivity contribution in [1.29, 1.82) is 0 Å². The van der Waals surface area contributed by atoms with Gasteiger partial charge >= 0.3 is 0 Å². The van der Waals surface area contributed by atoms with Gasteiger partial charge in [-0.05, 0) is 30.2 Å². The molecule has 0 radical (unpaired) electrons. The highest BCUT2D eigenvalue weighted by atomic mass is 16.3. The quantitative estimate of drug-likeness (QED) is 0.435. The van der Waals surface area contributed by atoms with Crippen LogP contribution in [0.4, 0.5) is 0 Å². The fraction of sp³-hybridized carbons (Fsp3) is 0.0476. The van der Waals surface area contributed by atoms with Crippen molar-refractivity contribution in [2.24, 2.45) is 0 Å². The number of fused-ring (bicyclic) bond motifs is 1. The van der Waals surface area contributed by atoms with Crippen LogP contribution in [0.3, 0.4) is 0 Å². The molecule has 106 valence electrons. The zero-order chi connectivity index (χ0) is 14.9. The van der Waals surface area contributed by atoms with Gasteiger partial charge in [-0.2, -0.15) is 0 Å². The minimum Gasteiger partial charge on any atom is -0.456 e. The van der Waals surface area contributed by atoms with Crippen LogP contribution in [0.15, 0.2) is 83.3 Å². The second-order valence-electron chi connectivity index (χ2n) is 5.59. The van der Waals surface area contributed by atoms with Crippen molar-refractivity contribution >= 4 is 11.0 Å². The van der Waals surface area contributed by atoms with Gasteiger partial charge in [0.25, 0.3) is 0 Å². The number of hydrogen-bond acceptors (Lipinski definition) is 1. The van der Waals surface area contributed by atoms with Crippen molar-refractivity contribution in [2.75, 3.05) is 0 Å². The highest BCUT2D eigenvalue weighted by Gasteiger charge is 2.06. The zero-order valence-corrected chi connectivity index (χ0v) is 12.4. The molecule has 3 aromatic carbocycles. The maximum atomic E-state index is 5.92. The number of hydrogen-bond donors (Lipinski definition) is 0. The van der Waals surface area contributed by atoms with Gasteiger partial charge < -0.3 is 4.42 Å². The Morgan fingerprint density at radius 2 is 1.23 bits per heavy atom. The molecule has 0 aliphatic rings. The van der Waals surface area contributed by atoms with Crippen molar-refractivity contribution in [3.05, 3.63) is 84.4 Å². The van der Waals surface area contributed by atoms with Crippen molar-refractivity contribution < 1.29 is 4.42 Å². The van der Waals surface area contributed by atoms with E-state index in [4.69, 9.17) is 4.42 Å². The van der Waals surface area contributed by atoms with E-state index in [0.717, 1.165) is 22.3 Å². The second-order valence-corrected chi connectivity index (χ2v) is 5.59. The summed E-state index contributed by atoms with van der Waals surface area (Å²) in [5.74, 6) is 0.914. The first-order chi connectivity index (χ1) is 10.8. The monoisotopic (exact) mass is 284 g/mol. The van der Waals surface area contributed by atoms with Crippen LogP contribution in [0.5, 0.6) is 0 Å². The molecule has 1 heteroatoms. The normalized spacial score (nSPS) is 11.0. The fourth-order valence-electron chi connectivity index (χ4n) is 2.70. The molecule has 0 aliphatic heterocycles. The van der Waals surface area contributed by atoms with E-state index >= 15 is 0 Å². The lowest BCUT2D eigenvalue weighted by Crippen LogP contribution is -1.79. The van der Waals surface area contributed by atoms with Crippen molar-refractivity contribution in [2.45, 2.75) is 6.92 Å². The van der Waals surface area contributed by atoms with E-state index < -0.39 is 0 Å². The van der Waals surface area contributed by atoms with E-state index in [9.17, 15) is 0 Å². The average molecular weight is 284 g/mol. The summed E-state index contributed by atoms with van der Waals surface area (Å²) in [6.45, 7) is 2.11. The second kappa shape index (κ2) is 5.19. The van der Waals surface area contributed by atoms with Crippen LogP contribution in [0.1, 0.15) is 5.56 Å². The van der Waals surface area contributed by atoms with Crippen molar-refractivity contribution in [3.8, 4) is 22.5 Å². The molecule has 1 aromatic heterocycles. The molecule has 1 heterocycles. The molecule has 0 saturated heterocycles. The molecule has 0 unspecified atom stereocenters. The minimum atomic E-state index is 0.914. The zero-order valence-electron chi connectivity index (χ0n) is 12.4. The molecule has 0 saturated carbocycles. The van der Waals surface area contributed by atoms with Crippen molar-refractivity contribution in [3.63, 3.8) is 0 Å². The highest BCUT2D eigenvalue weighted by Crippen LogP contribution is 2.29. The molecular formula is C21H16O. The third-order valence-electron chi connectivity index (χ3n) is 3.98. The maximum Gasteiger partial charge on any atom is 0.135 e. The fourth-order valence-corrected chi connectivity index (χ4v) is 2.70. The lowest BCUT2D eigenvalue weighted by Gasteiger charge is -2.03. The summed E-state index contributed by atoms with van der Waals surface area (Å²) in [5, 5.41) is 1.14. The van der Waals surface area contributed by atoms with Gasteiger partial charge in [0.2, 0.25) is 0 Å². The smallest absolute Gasteiger partial charge is 0.135 e. The highest BCUT2D eigenvalue weighted by molar-refractivity contribution is 5.83. The Morgan fingerprint density at radius 3 is 1.91 bits per heavy atom. The molecule has 1 nitrogen and oxygen atoms in total. The Balaban J connectivity index is 1.70. The topological polar surface area (TPSA) is 13.1 Å². The lowest BCUT2D eigenvalue weighted by molar-refractivity contribution is 0.631. The van der Waals surface area contributed by atoms with Crippen LogP contribution in [-0.4, -0.2) is 0 Å². The van der Waals surface area contributed by atoms with Gasteiger partial charge in [0.05, 0.1) is 0 Å². The predicted molar refractivity (Wildman–Crippen MR) is 91.8 cm³/mol. The molecule has 0 bridgehead atoms. The molecular weight excluding hydrogens is 268 g/mol. The van der Waals surface area contributed by atoms with E-state index in [-0.39, 0.29) is 0 Å². The Bertz CT molecular complexity index is 879. The van der Waals surface area contributed by atoms with Gasteiger partial charge in [-0.25, -0.2) is 0 Å². The minimum absolute atomic E-state index is 0.914. The summed E-state index contributed by atoms with van der Waals surface area (Å²) in [4.78, 5) is 0. The third kappa shape index (κ3) is 2.31. The molecule has 0 spiro atoms. The Morgan fingerprint density at radius 1 is 0.636 bits per heavy atom. The van der Waals surface area contributed by atoms with E-state index in [1.807, 2.05) is 18.2 Å². The van der Waals surface area contributed by atoms with Crippen LogP contribution in [0, 0.1) is 6.92 Å². The first kappa shape index (κ1) is 12.9. The predicted octanol–water partition coefficient (Wildman–Crippen LogP) is 6.08. The Labute approximate surface area is 129 Å². The summed E-state index contributed by atoms with van der Waals surface area (Å²) in [6, 6.07) is 27.3. The molecule has 0 atom stereocenters. The van der Waals surface area contributed by atoms with Crippen LogP contribution >= 0.6 is 0 Å². The third-order valence-corrected chi connectivity index (χ3v) is 3.98. The van der Waals surface area contributed by atoms with E-state index in [1.165, 1.54) is 16.7 Å². The molecule has 0 fully saturated rings. The first-order valence-electron chi connectivity index (χ1n) is 7.46. The van der Waals surface area contributed by atoms with Gasteiger partial charge in [0, 0.05) is 10.9 Å². The van der Waals surface area contributed by atoms with Gasteiger partial charge in [-0.3, -0.25) is 0 Å². The number of para-hydroxylation sites is 1. The number of rotatable bonds is 2. The van der Waals surface area contributed by atoms with Crippen LogP contribution in [-0.2, 0) is 0 Å². The lowest BCUT2D eigenvalue weighted by atomic mass is 10.0.